The van der Waals surface area contributed by atoms with Crippen LogP contribution in [0.15, 0.2) is 34.0 Å². The van der Waals surface area contributed by atoms with Gasteiger partial charge in [-0.25, -0.2) is 4.79 Å². The fourth-order valence-corrected chi connectivity index (χ4v) is 3.62. The van der Waals surface area contributed by atoms with Crippen LogP contribution in [0.2, 0.25) is 10.0 Å². The molecule has 0 atom stereocenters. The van der Waals surface area contributed by atoms with Gasteiger partial charge in [-0.1, -0.05) is 29.3 Å². The predicted octanol–water partition coefficient (Wildman–Crippen LogP) is 2.35. The Morgan fingerprint density at radius 2 is 1.73 bits per heavy atom. The van der Waals surface area contributed by atoms with E-state index in [1.54, 1.807) is 29.6 Å². The van der Waals surface area contributed by atoms with Gasteiger partial charge in [0.15, 0.2) is 11.2 Å². The largest absolute Gasteiger partial charge is 0.332 e. The monoisotopic (exact) mass is 391 g/mol. The van der Waals surface area contributed by atoms with Crippen molar-refractivity contribution in [3.8, 4) is 0 Å². The Morgan fingerprint density at radius 3 is 2.38 bits per heavy atom. The first-order valence-corrected chi connectivity index (χ1v) is 8.63. The molecule has 0 radical (unpaired) electrons. The van der Waals surface area contributed by atoms with Gasteiger partial charge < -0.3 is 4.57 Å². The van der Waals surface area contributed by atoms with Crippen LogP contribution in [0.25, 0.3) is 16.9 Å². The Labute approximate surface area is 157 Å². The Kier molecular flexibility index (Phi) is 3.75. The number of halogens is 2. The molecule has 0 saturated heterocycles. The van der Waals surface area contributed by atoms with Crippen LogP contribution in [-0.2, 0) is 20.6 Å². The van der Waals surface area contributed by atoms with Gasteiger partial charge in [-0.05, 0) is 19.1 Å². The van der Waals surface area contributed by atoms with Crippen molar-refractivity contribution in [2.45, 2.75) is 13.5 Å². The van der Waals surface area contributed by atoms with Crippen molar-refractivity contribution in [1.29, 1.82) is 0 Å². The summed E-state index contributed by atoms with van der Waals surface area (Å²) in [7, 11) is 3.45. The molecule has 0 unspecified atom stereocenters. The van der Waals surface area contributed by atoms with E-state index in [1.165, 1.54) is 4.57 Å². The molecule has 0 bridgehead atoms. The molecule has 26 heavy (non-hydrogen) atoms. The van der Waals surface area contributed by atoms with Gasteiger partial charge in [-0.2, -0.15) is 4.98 Å². The number of benzene rings is 1. The Hall–Kier alpha value is -2.51. The summed E-state index contributed by atoms with van der Waals surface area (Å²) in [6.07, 6.45) is 1.82. The number of imidazole rings is 2. The molecule has 4 rings (SSSR count). The maximum Gasteiger partial charge on any atom is 0.332 e. The fraction of sp³-hybridized carbons (Fsp3) is 0.235. The molecule has 134 valence electrons. The van der Waals surface area contributed by atoms with Crippen molar-refractivity contribution >= 4 is 40.1 Å². The fourth-order valence-electron chi connectivity index (χ4n) is 3.10. The maximum atomic E-state index is 13.1. The number of aromatic nitrogens is 5. The van der Waals surface area contributed by atoms with E-state index in [-0.39, 0.29) is 6.54 Å². The molecule has 0 fully saturated rings. The molecule has 3 heterocycles. The third-order valence-electron chi connectivity index (χ3n) is 4.68. The lowest BCUT2D eigenvalue weighted by molar-refractivity contribution is 0.656. The molecular formula is C17H15Cl2N5O2. The number of aryl methyl sites for hydroxylation is 3. The van der Waals surface area contributed by atoms with Crippen molar-refractivity contribution < 1.29 is 0 Å². The summed E-state index contributed by atoms with van der Waals surface area (Å²) in [5.41, 5.74) is 1.25. The molecule has 0 saturated carbocycles. The van der Waals surface area contributed by atoms with Crippen LogP contribution in [0.5, 0.6) is 0 Å². The standard InChI is InChI=1S/C17H15Cl2N5O2/c1-9-7-23-13-14(20-16(23)21(9)2)22(3)17(26)24(15(13)25)8-10-11(18)5-4-6-12(10)19/h4-7H,8H2,1-3H3. The average molecular weight is 392 g/mol. The number of nitrogens with zero attached hydrogens (tertiary/aromatic N) is 5. The van der Waals surface area contributed by atoms with Crippen molar-refractivity contribution in [2.24, 2.45) is 14.1 Å². The van der Waals surface area contributed by atoms with Gasteiger partial charge in [0.2, 0.25) is 5.78 Å². The highest BCUT2D eigenvalue weighted by atomic mass is 35.5. The lowest BCUT2D eigenvalue weighted by Crippen LogP contribution is -2.39. The van der Waals surface area contributed by atoms with Crippen LogP contribution < -0.4 is 11.2 Å². The second-order valence-electron chi connectivity index (χ2n) is 6.22. The van der Waals surface area contributed by atoms with Gasteiger partial charge in [0.1, 0.15) is 0 Å². The first kappa shape index (κ1) is 16.9. The maximum absolute atomic E-state index is 13.1. The summed E-state index contributed by atoms with van der Waals surface area (Å²) in [5.74, 6) is 0.595. The topological polar surface area (TPSA) is 66.2 Å². The summed E-state index contributed by atoms with van der Waals surface area (Å²) in [4.78, 5) is 30.3. The van der Waals surface area contributed by atoms with Gasteiger partial charge in [0.25, 0.3) is 5.56 Å². The summed E-state index contributed by atoms with van der Waals surface area (Å²) < 4.78 is 6.06. The van der Waals surface area contributed by atoms with Crippen LogP contribution in [0.1, 0.15) is 11.3 Å². The quantitative estimate of drug-likeness (QED) is 0.526. The van der Waals surface area contributed by atoms with E-state index in [2.05, 4.69) is 4.98 Å². The Bertz CT molecular complexity index is 1290. The van der Waals surface area contributed by atoms with E-state index in [4.69, 9.17) is 23.2 Å². The number of rotatable bonds is 2. The van der Waals surface area contributed by atoms with Crippen LogP contribution in [0, 0.1) is 6.92 Å². The van der Waals surface area contributed by atoms with Gasteiger partial charge in [0.05, 0.1) is 6.54 Å². The molecule has 3 aromatic heterocycles. The Morgan fingerprint density at radius 1 is 1.08 bits per heavy atom. The zero-order chi connectivity index (χ0) is 18.7. The molecule has 0 aliphatic carbocycles. The number of fused-ring (bicyclic) bond motifs is 3. The summed E-state index contributed by atoms with van der Waals surface area (Å²) in [5, 5.41) is 0.807. The third-order valence-corrected chi connectivity index (χ3v) is 5.39. The van der Waals surface area contributed by atoms with Crippen molar-refractivity contribution in [2.75, 3.05) is 0 Å². The molecule has 0 spiro atoms. The van der Waals surface area contributed by atoms with Crippen molar-refractivity contribution in [3.05, 3.63) is 66.5 Å². The van der Waals surface area contributed by atoms with Crippen LogP contribution >= 0.6 is 23.2 Å². The second-order valence-corrected chi connectivity index (χ2v) is 7.03. The molecule has 7 nitrogen and oxygen atoms in total. The number of hydrogen-bond acceptors (Lipinski definition) is 3. The first-order chi connectivity index (χ1) is 12.3. The molecular weight excluding hydrogens is 377 g/mol. The van der Waals surface area contributed by atoms with E-state index in [9.17, 15) is 9.59 Å². The van der Waals surface area contributed by atoms with Crippen molar-refractivity contribution in [1.82, 2.24) is 23.1 Å². The Balaban J connectivity index is 2.07. The van der Waals surface area contributed by atoms with Crippen LogP contribution in [0.4, 0.5) is 0 Å². The normalized spacial score (nSPS) is 11.7. The van der Waals surface area contributed by atoms with E-state index in [0.29, 0.717) is 32.6 Å². The summed E-state index contributed by atoms with van der Waals surface area (Å²) in [6.45, 7) is 1.91. The van der Waals surface area contributed by atoms with Crippen LogP contribution in [0.3, 0.4) is 0 Å². The van der Waals surface area contributed by atoms with E-state index in [0.717, 1.165) is 10.3 Å². The highest BCUT2D eigenvalue weighted by Gasteiger charge is 2.20. The van der Waals surface area contributed by atoms with Crippen LogP contribution in [-0.4, -0.2) is 23.1 Å². The van der Waals surface area contributed by atoms with E-state index >= 15 is 0 Å². The van der Waals surface area contributed by atoms with Gasteiger partial charge >= 0.3 is 5.69 Å². The van der Waals surface area contributed by atoms with E-state index < -0.39 is 11.2 Å². The molecule has 0 amide bonds. The molecule has 0 N–H and O–H groups in total. The SMILES string of the molecule is Cc1cn2c3c(=O)n(Cc4c(Cl)cccc4Cl)c(=O)n(C)c3nc2n1C. The highest BCUT2D eigenvalue weighted by Crippen LogP contribution is 2.24. The summed E-state index contributed by atoms with van der Waals surface area (Å²) in [6, 6.07) is 5.06. The molecule has 0 aliphatic heterocycles. The van der Waals surface area contributed by atoms with Crippen molar-refractivity contribution in [3.63, 3.8) is 0 Å². The lowest BCUT2D eigenvalue weighted by Gasteiger charge is -2.10. The minimum Gasteiger partial charge on any atom is -0.317 e. The van der Waals surface area contributed by atoms with Gasteiger partial charge in [0, 0.05) is 41.6 Å². The molecule has 1 aromatic carbocycles. The van der Waals surface area contributed by atoms with Gasteiger partial charge in [-0.3, -0.25) is 18.3 Å². The predicted molar refractivity (Wildman–Crippen MR) is 101 cm³/mol. The number of hydrogen-bond donors (Lipinski definition) is 0. The molecule has 4 aromatic rings. The van der Waals surface area contributed by atoms with Gasteiger partial charge in [-0.15, -0.1) is 0 Å². The van der Waals surface area contributed by atoms with E-state index in [1.807, 2.05) is 24.7 Å². The molecule has 0 aliphatic rings. The smallest absolute Gasteiger partial charge is 0.317 e. The average Bonchev–Trinajstić information content (AvgIpc) is 3.09. The second kappa shape index (κ2) is 5.75. The third kappa shape index (κ3) is 2.24. The molecule has 9 heteroatoms. The lowest BCUT2D eigenvalue weighted by atomic mass is 10.2. The zero-order valence-corrected chi connectivity index (χ0v) is 15.8. The summed E-state index contributed by atoms with van der Waals surface area (Å²) >= 11 is 12.4. The minimum atomic E-state index is -0.474. The minimum absolute atomic E-state index is 0.0149. The first-order valence-electron chi connectivity index (χ1n) is 7.88. The zero-order valence-electron chi connectivity index (χ0n) is 14.3. The highest BCUT2D eigenvalue weighted by molar-refractivity contribution is 6.35.